The third kappa shape index (κ3) is 26.7. The van der Waals surface area contributed by atoms with Crippen LogP contribution in [0.1, 0.15) is 51.4 Å². The zero-order valence-electron chi connectivity index (χ0n) is 24.4. The Kier molecular flexibility index (Phi) is 27.3. The molecule has 0 aromatic carbocycles. The summed E-state index contributed by atoms with van der Waals surface area (Å²) in [5.41, 5.74) is 0. The molecule has 240 valence electrons. The van der Waals surface area contributed by atoms with Crippen LogP contribution in [0.5, 0.6) is 0 Å². The smallest absolute Gasteiger partial charge is 0.303 e. The molecule has 0 fully saturated rings. The van der Waals surface area contributed by atoms with Gasteiger partial charge < -0.3 is 45.2 Å². The minimum atomic E-state index is -0.930. The lowest BCUT2D eigenvalue weighted by atomic mass is 10.0. The first kappa shape index (κ1) is 39.8. The van der Waals surface area contributed by atoms with Crippen LogP contribution in [0, 0.1) is 0 Å². The molecule has 1 atom stereocenters. The number of carbonyl (C=O) groups excluding carboxylic acids is 4. The third-order valence-electron chi connectivity index (χ3n) is 5.55. The van der Waals surface area contributed by atoms with E-state index in [1.54, 1.807) is 0 Å². The number of amides is 3. The van der Waals surface area contributed by atoms with Gasteiger partial charge in [0.15, 0.2) is 7.98 Å². The number of Topliss-reactive ketones (excluding diaryl/α,β-unsaturated/α-hetero) is 1. The molecular weight excluding hydrogens is 571 g/mol. The van der Waals surface area contributed by atoms with Gasteiger partial charge >= 0.3 is 5.97 Å². The molecule has 0 aliphatic rings. The lowest BCUT2D eigenvalue weighted by Crippen LogP contribution is -2.35. The summed E-state index contributed by atoms with van der Waals surface area (Å²) in [6.45, 7) is 2.42. The van der Waals surface area contributed by atoms with Crippen LogP contribution in [0.4, 0.5) is 0 Å². The topological polar surface area (TPSA) is 191 Å². The predicted molar refractivity (Wildman–Crippen MR) is 158 cm³/mol. The number of carboxylic acids is 1. The number of thiol groups is 1. The molecule has 16 heteroatoms. The van der Waals surface area contributed by atoms with Crippen molar-refractivity contribution in [3.05, 3.63) is 0 Å². The Morgan fingerprint density at radius 1 is 0.643 bits per heavy atom. The number of hydrogen-bond acceptors (Lipinski definition) is 11. The normalized spacial score (nSPS) is 11.5. The first-order valence-electron chi connectivity index (χ1n) is 14.2. The summed E-state index contributed by atoms with van der Waals surface area (Å²) in [6.07, 6.45) is 3.65. The third-order valence-corrected chi connectivity index (χ3v) is 5.87. The van der Waals surface area contributed by atoms with Crippen molar-refractivity contribution in [3.8, 4) is 0 Å². The summed E-state index contributed by atoms with van der Waals surface area (Å²) in [5, 5.41) is 19.1. The molecule has 0 aromatic rings. The number of hydrogen-bond donors (Lipinski definition) is 6. The molecule has 5 N–H and O–H groups in total. The van der Waals surface area contributed by atoms with Crippen molar-refractivity contribution >= 4 is 50.1 Å². The molecule has 14 nitrogen and oxygen atoms in total. The molecule has 0 spiro atoms. The molecule has 0 aliphatic carbocycles. The first-order chi connectivity index (χ1) is 20.3. The highest BCUT2D eigenvalue weighted by Crippen LogP contribution is 2.05. The van der Waals surface area contributed by atoms with E-state index in [0.29, 0.717) is 44.6 Å². The van der Waals surface area contributed by atoms with Gasteiger partial charge in [0.2, 0.25) is 17.7 Å². The van der Waals surface area contributed by atoms with Crippen molar-refractivity contribution < 1.29 is 48.0 Å². The maximum atomic E-state index is 12.0. The highest BCUT2D eigenvalue weighted by Gasteiger charge is 2.14. The minimum Gasteiger partial charge on any atom is -0.481 e. The number of aliphatic carboxylic acids is 1. The molecule has 0 heterocycles. The van der Waals surface area contributed by atoms with Crippen LogP contribution in [-0.2, 0) is 42.9 Å². The minimum absolute atomic E-state index is 0.0413. The van der Waals surface area contributed by atoms with E-state index in [9.17, 15) is 24.0 Å². The number of nitrogens with one attached hydrogen (secondary N) is 4. The lowest BCUT2D eigenvalue weighted by Gasteiger charge is -2.15. The number of ketones is 1. The highest BCUT2D eigenvalue weighted by atomic mass is 32.1. The largest absolute Gasteiger partial charge is 0.481 e. The number of unbranched alkanes of at least 4 members (excludes halogenated alkanes) is 1. The fourth-order valence-electron chi connectivity index (χ4n) is 3.35. The molecule has 3 amide bonds. The van der Waals surface area contributed by atoms with E-state index in [1.807, 2.05) is 0 Å². The number of ether oxygens (including phenoxy) is 4. The second-order valence-electron chi connectivity index (χ2n) is 9.14. The SMILES string of the molecule is [B]N[C@H](CCCCNC(=O)COCCOCCNC(=O)COCCOCCNC(=O)CCCC(=O)O)C(=O)CCCS. The van der Waals surface area contributed by atoms with Gasteiger partial charge in [-0.25, -0.2) is 0 Å². The second-order valence-corrected chi connectivity index (χ2v) is 9.58. The van der Waals surface area contributed by atoms with Crippen LogP contribution in [0.15, 0.2) is 0 Å². The maximum absolute atomic E-state index is 12.0. The van der Waals surface area contributed by atoms with E-state index < -0.39 is 5.97 Å². The fraction of sp³-hybridized carbons (Fsp3) is 0.808. The van der Waals surface area contributed by atoms with Gasteiger partial charge in [-0.3, -0.25) is 24.0 Å². The van der Waals surface area contributed by atoms with E-state index in [1.165, 1.54) is 0 Å². The van der Waals surface area contributed by atoms with Gasteiger partial charge in [-0.15, -0.1) is 0 Å². The van der Waals surface area contributed by atoms with Gasteiger partial charge in [-0.1, -0.05) is 0 Å². The van der Waals surface area contributed by atoms with Crippen LogP contribution in [0.3, 0.4) is 0 Å². The van der Waals surface area contributed by atoms with Crippen LogP contribution < -0.4 is 21.2 Å². The molecule has 0 saturated carbocycles. The average Bonchev–Trinajstić information content (AvgIpc) is 2.96. The highest BCUT2D eigenvalue weighted by molar-refractivity contribution is 7.80. The second kappa shape index (κ2) is 28.9. The van der Waals surface area contributed by atoms with E-state index in [-0.39, 0.29) is 95.2 Å². The molecule has 0 saturated heterocycles. The average molecular weight is 619 g/mol. The van der Waals surface area contributed by atoms with Crippen molar-refractivity contribution in [1.29, 1.82) is 0 Å². The molecule has 0 aliphatic heterocycles. The summed E-state index contributed by atoms with van der Waals surface area (Å²) < 4.78 is 21.1. The Labute approximate surface area is 254 Å². The molecule has 42 heavy (non-hydrogen) atoms. The number of rotatable bonds is 30. The number of carbonyl (C=O) groups is 5. The molecule has 0 aromatic heterocycles. The zero-order chi connectivity index (χ0) is 31.3. The summed E-state index contributed by atoms with van der Waals surface area (Å²) >= 11 is 4.10. The summed E-state index contributed by atoms with van der Waals surface area (Å²) in [4.78, 5) is 57.4. The van der Waals surface area contributed by atoms with Gasteiger partial charge in [0, 0.05) is 38.9 Å². The van der Waals surface area contributed by atoms with Gasteiger partial charge in [-0.05, 0) is 37.9 Å². The first-order valence-corrected chi connectivity index (χ1v) is 14.9. The Morgan fingerprint density at radius 2 is 1.19 bits per heavy atom. The van der Waals surface area contributed by atoms with Crippen LogP contribution in [0.25, 0.3) is 0 Å². The van der Waals surface area contributed by atoms with Crippen molar-refractivity contribution in [2.24, 2.45) is 0 Å². The Bertz CT molecular complexity index is 767. The predicted octanol–water partition coefficient (Wildman–Crippen LogP) is -0.853. The van der Waals surface area contributed by atoms with E-state index >= 15 is 0 Å². The Morgan fingerprint density at radius 3 is 1.74 bits per heavy atom. The quantitative estimate of drug-likeness (QED) is 0.0334. The van der Waals surface area contributed by atoms with Gasteiger partial charge in [0.05, 0.1) is 45.7 Å². The zero-order valence-corrected chi connectivity index (χ0v) is 25.3. The van der Waals surface area contributed by atoms with Crippen LogP contribution >= 0.6 is 12.6 Å². The fourth-order valence-corrected chi connectivity index (χ4v) is 3.51. The molecule has 2 radical (unpaired) electrons. The lowest BCUT2D eigenvalue weighted by molar-refractivity contribution is -0.137. The van der Waals surface area contributed by atoms with E-state index in [0.717, 1.165) is 19.3 Å². The summed E-state index contributed by atoms with van der Waals surface area (Å²) in [5.74, 6) is -0.950. The number of carboxylic acid groups (broad SMARTS) is 1. The molecular formula is C26H47BN4O10S. The van der Waals surface area contributed by atoms with Crippen molar-refractivity contribution in [2.75, 3.05) is 78.2 Å². The Hall–Kier alpha value is -2.24. The van der Waals surface area contributed by atoms with Crippen LogP contribution in [-0.4, -0.2) is 127 Å². The van der Waals surface area contributed by atoms with Crippen LogP contribution in [0.2, 0.25) is 0 Å². The van der Waals surface area contributed by atoms with Gasteiger partial charge in [0.1, 0.15) is 19.0 Å². The standard InChI is InChI=1S/C26H47BN4O10S/c27-31-21(22(32)6-4-18-42)5-1-2-9-28-24(34)19-40-16-15-39-13-11-30-25(35)20-41-17-14-38-12-10-29-23(33)7-3-8-26(36)37/h21,31,42H,1-20H2,(H,28,34)(H,29,33)(H,30,35)(H,36,37)/t21-/m1/s1. The van der Waals surface area contributed by atoms with Gasteiger partial charge in [-0.2, -0.15) is 12.6 Å². The monoisotopic (exact) mass is 618 g/mol. The van der Waals surface area contributed by atoms with E-state index in [4.69, 9.17) is 32.0 Å². The Balaban J connectivity index is 3.47. The molecule has 0 unspecified atom stereocenters. The summed E-state index contributed by atoms with van der Waals surface area (Å²) in [6, 6.07) is -0.373. The summed E-state index contributed by atoms with van der Waals surface area (Å²) in [7, 11) is 5.45. The van der Waals surface area contributed by atoms with Gasteiger partial charge in [0.25, 0.3) is 0 Å². The molecule has 0 rings (SSSR count). The molecule has 0 bridgehead atoms. The van der Waals surface area contributed by atoms with Crippen molar-refractivity contribution in [1.82, 2.24) is 21.2 Å². The van der Waals surface area contributed by atoms with E-state index in [2.05, 4.69) is 33.8 Å². The van der Waals surface area contributed by atoms with Crippen molar-refractivity contribution in [3.63, 3.8) is 0 Å². The van der Waals surface area contributed by atoms with Crippen molar-refractivity contribution in [2.45, 2.75) is 57.4 Å². The maximum Gasteiger partial charge on any atom is 0.303 e.